The molecular formula is C12H16F3NO2. The van der Waals surface area contributed by atoms with Crippen molar-refractivity contribution in [2.24, 2.45) is 0 Å². The van der Waals surface area contributed by atoms with E-state index in [1.54, 1.807) is 6.92 Å². The number of benzene rings is 1. The summed E-state index contributed by atoms with van der Waals surface area (Å²) in [7, 11) is 1.50. The van der Waals surface area contributed by atoms with E-state index in [9.17, 15) is 13.2 Å². The highest BCUT2D eigenvalue weighted by atomic mass is 19.4. The average molecular weight is 263 g/mol. The summed E-state index contributed by atoms with van der Waals surface area (Å²) in [6.07, 6.45) is -4.70. The first-order valence-corrected chi connectivity index (χ1v) is 5.40. The van der Waals surface area contributed by atoms with E-state index >= 15 is 0 Å². The number of alkyl halides is 3. The standard InChI is InChI=1S/C12H16F3NO2/c1-8(6-17-2)18-7-9-3-4-10(16)5-11(9)12(13,14)15/h3-5,8H,6-7,16H2,1-2H3. The van der Waals surface area contributed by atoms with Crippen molar-refractivity contribution >= 4 is 5.69 Å². The number of hydrogen-bond donors (Lipinski definition) is 1. The Morgan fingerprint density at radius 1 is 1.33 bits per heavy atom. The number of ether oxygens (including phenoxy) is 2. The van der Waals surface area contributed by atoms with E-state index in [1.807, 2.05) is 0 Å². The van der Waals surface area contributed by atoms with Crippen molar-refractivity contribution in [3.05, 3.63) is 29.3 Å². The third-order valence-electron chi connectivity index (χ3n) is 2.36. The summed E-state index contributed by atoms with van der Waals surface area (Å²) in [6.45, 7) is 1.93. The smallest absolute Gasteiger partial charge is 0.399 e. The highest BCUT2D eigenvalue weighted by molar-refractivity contribution is 5.45. The largest absolute Gasteiger partial charge is 0.416 e. The van der Waals surface area contributed by atoms with Crippen LogP contribution in [0.1, 0.15) is 18.1 Å². The molecular weight excluding hydrogens is 247 g/mol. The van der Waals surface area contributed by atoms with Gasteiger partial charge in [0, 0.05) is 12.8 Å². The molecule has 0 radical (unpaired) electrons. The molecule has 0 aromatic heterocycles. The van der Waals surface area contributed by atoms with Crippen LogP contribution in [0.5, 0.6) is 0 Å². The first-order valence-electron chi connectivity index (χ1n) is 5.40. The Kier molecular flexibility index (Phi) is 4.98. The zero-order valence-electron chi connectivity index (χ0n) is 10.3. The fourth-order valence-corrected chi connectivity index (χ4v) is 1.50. The molecule has 1 unspecified atom stereocenters. The van der Waals surface area contributed by atoms with Gasteiger partial charge in [0.2, 0.25) is 0 Å². The van der Waals surface area contributed by atoms with Crippen LogP contribution < -0.4 is 5.73 Å². The van der Waals surface area contributed by atoms with E-state index in [-0.39, 0.29) is 24.0 Å². The molecule has 0 spiro atoms. The zero-order chi connectivity index (χ0) is 13.8. The lowest BCUT2D eigenvalue weighted by Crippen LogP contribution is -2.17. The van der Waals surface area contributed by atoms with Crippen molar-refractivity contribution in [3.63, 3.8) is 0 Å². The molecule has 0 saturated carbocycles. The van der Waals surface area contributed by atoms with Crippen molar-refractivity contribution in [1.29, 1.82) is 0 Å². The monoisotopic (exact) mass is 263 g/mol. The zero-order valence-corrected chi connectivity index (χ0v) is 10.3. The summed E-state index contributed by atoms with van der Waals surface area (Å²) in [5, 5.41) is 0. The summed E-state index contributed by atoms with van der Waals surface area (Å²) in [5.74, 6) is 0. The minimum Gasteiger partial charge on any atom is -0.399 e. The fraction of sp³-hybridized carbons (Fsp3) is 0.500. The van der Waals surface area contributed by atoms with Gasteiger partial charge in [0.25, 0.3) is 0 Å². The third kappa shape index (κ3) is 4.19. The molecule has 6 heteroatoms. The molecule has 1 atom stereocenters. The summed E-state index contributed by atoms with van der Waals surface area (Å²) < 4.78 is 48.4. The molecule has 0 fully saturated rings. The Hall–Kier alpha value is -1.27. The third-order valence-corrected chi connectivity index (χ3v) is 2.36. The maximum absolute atomic E-state index is 12.8. The van der Waals surface area contributed by atoms with Crippen molar-refractivity contribution < 1.29 is 22.6 Å². The van der Waals surface area contributed by atoms with E-state index in [1.165, 1.54) is 19.2 Å². The van der Waals surface area contributed by atoms with Crippen LogP contribution in [0.3, 0.4) is 0 Å². The first-order chi connectivity index (χ1) is 8.34. The van der Waals surface area contributed by atoms with E-state index < -0.39 is 11.7 Å². The Balaban J connectivity index is 2.82. The van der Waals surface area contributed by atoms with Crippen molar-refractivity contribution in [2.45, 2.75) is 25.8 Å². The number of nitrogen functional groups attached to an aromatic ring is 1. The molecule has 0 saturated heterocycles. The number of anilines is 1. The second-order valence-corrected chi connectivity index (χ2v) is 3.99. The predicted molar refractivity (Wildman–Crippen MR) is 62.0 cm³/mol. The normalized spacial score (nSPS) is 13.6. The summed E-state index contributed by atoms with van der Waals surface area (Å²) in [5.41, 5.74) is 4.76. The minimum atomic E-state index is -4.43. The number of hydrogen-bond acceptors (Lipinski definition) is 3. The second-order valence-electron chi connectivity index (χ2n) is 3.99. The van der Waals surface area contributed by atoms with E-state index in [4.69, 9.17) is 15.2 Å². The van der Waals surface area contributed by atoms with Gasteiger partial charge in [-0.15, -0.1) is 0 Å². The molecule has 102 valence electrons. The molecule has 1 rings (SSSR count). The van der Waals surface area contributed by atoms with E-state index in [0.29, 0.717) is 6.61 Å². The topological polar surface area (TPSA) is 44.5 Å². The molecule has 0 heterocycles. The first kappa shape index (κ1) is 14.8. The van der Waals surface area contributed by atoms with Crippen molar-refractivity contribution in [2.75, 3.05) is 19.5 Å². The van der Waals surface area contributed by atoms with E-state index in [2.05, 4.69) is 0 Å². The molecule has 1 aromatic rings. The molecule has 2 N–H and O–H groups in total. The molecule has 0 aliphatic carbocycles. The molecule has 0 aliphatic heterocycles. The van der Waals surface area contributed by atoms with Crippen LogP contribution in [0.25, 0.3) is 0 Å². The number of nitrogens with two attached hydrogens (primary N) is 1. The van der Waals surface area contributed by atoms with Crippen LogP contribution in [0.2, 0.25) is 0 Å². The lowest BCUT2D eigenvalue weighted by atomic mass is 10.1. The lowest BCUT2D eigenvalue weighted by Gasteiger charge is -2.16. The summed E-state index contributed by atoms with van der Waals surface area (Å²) in [4.78, 5) is 0. The Bertz CT molecular complexity index is 393. The van der Waals surface area contributed by atoms with Gasteiger partial charge in [0.1, 0.15) is 0 Å². The van der Waals surface area contributed by atoms with Crippen LogP contribution >= 0.6 is 0 Å². The van der Waals surface area contributed by atoms with Crippen LogP contribution in [0, 0.1) is 0 Å². The minimum absolute atomic E-state index is 0.0691. The fourth-order valence-electron chi connectivity index (χ4n) is 1.50. The van der Waals surface area contributed by atoms with Crippen LogP contribution in [0.4, 0.5) is 18.9 Å². The van der Waals surface area contributed by atoms with Gasteiger partial charge in [-0.05, 0) is 24.6 Å². The van der Waals surface area contributed by atoms with Gasteiger partial charge >= 0.3 is 6.18 Å². The van der Waals surface area contributed by atoms with Crippen molar-refractivity contribution in [3.8, 4) is 0 Å². The quantitative estimate of drug-likeness (QED) is 0.831. The molecule has 1 aromatic carbocycles. The van der Waals surface area contributed by atoms with Gasteiger partial charge in [0.15, 0.2) is 0 Å². The molecule has 18 heavy (non-hydrogen) atoms. The van der Waals surface area contributed by atoms with Gasteiger partial charge < -0.3 is 15.2 Å². The predicted octanol–water partition coefficient (Wildman–Crippen LogP) is 2.84. The van der Waals surface area contributed by atoms with Gasteiger partial charge in [-0.1, -0.05) is 6.07 Å². The van der Waals surface area contributed by atoms with Gasteiger partial charge in [-0.3, -0.25) is 0 Å². The van der Waals surface area contributed by atoms with Crippen LogP contribution in [-0.4, -0.2) is 19.8 Å². The van der Waals surface area contributed by atoms with Gasteiger partial charge in [-0.25, -0.2) is 0 Å². The SMILES string of the molecule is COCC(C)OCc1ccc(N)cc1C(F)(F)F. The van der Waals surface area contributed by atoms with Gasteiger partial charge in [0.05, 0.1) is 24.9 Å². The van der Waals surface area contributed by atoms with Crippen LogP contribution in [0.15, 0.2) is 18.2 Å². The summed E-state index contributed by atoms with van der Waals surface area (Å²) in [6, 6.07) is 3.67. The maximum Gasteiger partial charge on any atom is 0.416 e. The summed E-state index contributed by atoms with van der Waals surface area (Å²) >= 11 is 0. The molecule has 0 aliphatic rings. The average Bonchev–Trinajstić information content (AvgIpc) is 2.26. The van der Waals surface area contributed by atoms with E-state index in [0.717, 1.165) is 6.07 Å². The number of halogens is 3. The Labute approximate surface area is 104 Å². The maximum atomic E-state index is 12.8. The molecule has 0 bridgehead atoms. The second kappa shape index (κ2) is 6.06. The highest BCUT2D eigenvalue weighted by Crippen LogP contribution is 2.33. The van der Waals surface area contributed by atoms with Gasteiger partial charge in [-0.2, -0.15) is 13.2 Å². The Morgan fingerprint density at radius 3 is 2.56 bits per heavy atom. The molecule has 3 nitrogen and oxygen atoms in total. The van der Waals surface area contributed by atoms with Crippen molar-refractivity contribution in [1.82, 2.24) is 0 Å². The highest BCUT2D eigenvalue weighted by Gasteiger charge is 2.33. The van der Waals surface area contributed by atoms with Crippen LogP contribution in [-0.2, 0) is 22.3 Å². The number of rotatable bonds is 5. The Morgan fingerprint density at radius 2 is 2.00 bits per heavy atom. The molecule has 0 amide bonds. The number of methoxy groups -OCH3 is 1. The lowest BCUT2D eigenvalue weighted by molar-refractivity contribution is -0.139.